The molecule has 2 aromatic rings. The summed E-state index contributed by atoms with van der Waals surface area (Å²) in [5, 5.41) is 0. The first-order chi connectivity index (χ1) is 11.6. The molecule has 2 aliphatic heterocycles. The van der Waals surface area contributed by atoms with Gasteiger partial charge in [-0.1, -0.05) is 22.0 Å². The molecule has 5 heteroatoms. The lowest BCUT2D eigenvalue weighted by molar-refractivity contribution is 0.000300. The van der Waals surface area contributed by atoms with Crippen molar-refractivity contribution in [2.24, 2.45) is 0 Å². The van der Waals surface area contributed by atoms with Crippen molar-refractivity contribution in [1.82, 2.24) is 4.90 Å². The van der Waals surface area contributed by atoms with E-state index in [1.54, 1.807) is 0 Å². The third kappa shape index (κ3) is 2.87. The van der Waals surface area contributed by atoms with Crippen LogP contribution in [0.3, 0.4) is 0 Å². The summed E-state index contributed by atoms with van der Waals surface area (Å²) in [6.07, 6.45) is 0.214. The Kier molecular flexibility index (Phi) is 4.14. The van der Waals surface area contributed by atoms with Gasteiger partial charge in [0.2, 0.25) is 6.79 Å². The first kappa shape index (κ1) is 15.8. The van der Waals surface area contributed by atoms with Gasteiger partial charge in [-0.05, 0) is 43.7 Å². The normalized spacial score (nSPS) is 17.2. The molecule has 0 saturated carbocycles. The number of hydrogen-bond donors (Lipinski definition) is 0. The Morgan fingerprint density at radius 3 is 2.79 bits per heavy atom. The molecule has 0 amide bonds. The average molecular weight is 389 g/mol. The quantitative estimate of drug-likeness (QED) is 0.788. The first-order valence-corrected chi connectivity index (χ1v) is 8.92. The number of halogens is 1. The van der Waals surface area contributed by atoms with Crippen LogP contribution in [0.1, 0.15) is 13.8 Å². The van der Waals surface area contributed by atoms with Crippen molar-refractivity contribution in [1.29, 1.82) is 0 Å². The van der Waals surface area contributed by atoms with Crippen LogP contribution in [0.5, 0.6) is 17.2 Å². The fourth-order valence-electron chi connectivity index (χ4n) is 3.00. The lowest BCUT2D eigenvalue weighted by Crippen LogP contribution is -2.56. The van der Waals surface area contributed by atoms with E-state index in [0.29, 0.717) is 6.04 Å². The third-order valence-electron chi connectivity index (χ3n) is 4.46. The van der Waals surface area contributed by atoms with Gasteiger partial charge in [0.1, 0.15) is 11.9 Å². The van der Waals surface area contributed by atoms with Crippen molar-refractivity contribution in [3.05, 3.63) is 40.9 Å². The molecule has 0 aromatic heterocycles. The summed E-state index contributed by atoms with van der Waals surface area (Å²) in [5.74, 6) is 2.32. The number of fused-ring (bicyclic) bond motifs is 1. The van der Waals surface area contributed by atoms with Crippen LogP contribution in [0.2, 0.25) is 0 Å². The molecule has 1 saturated heterocycles. The van der Waals surface area contributed by atoms with Crippen LogP contribution in [-0.2, 0) is 0 Å². The largest absolute Gasteiger partial charge is 0.486 e. The van der Waals surface area contributed by atoms with Gasteiger partial charge in [0.25, 0.3) is 0 Å². The van der Waals surface area contributed by atoms with Crippen LogP contribution in [0.4, 0.5) is 0 Å². The molecule has 0 unspecified atom stereocenters. The Balaban J connectivity index is 1.61. The zero-order chi connectivity index (χ0) is 16.7. The van der Waals surface area contributed by atoms with E-state index in [2.05, 4.69) is 40.7 Å². The van der Waals surface area contributed by atoms with Crippen LogP contribution >= 0.6 is 15.9 Å². The molecule has 125 valence electrons. The molecule has 0 aliphatic carbocycles. The molecule has 0 spiro atoms. The van der Waals surface area contributed by atoms with Gasteiger partial charge in [-0.2, -0.15) is 0 Å². The summed E-state index contributed by atoms with van der Waals surface area (Å²) in [6.45, 7) is 6.60. The van der Waals surface area contributed by atoms with Crippen molar-refractivity contribution >= 4 is 15.9 Å². The number of benzene rings is 2. The van der Waals surface area contributed by atoms with Gasteiger partial charge in [-0.15, -0.1) is 0 Å². The molecule has 0 bridgehead atoms. The molecule has 0 N–H and O–H groups in total. The monoisotopic (exact) mass is 388 g/mol. The summed E-state index contributed by atoms with van der Waals surface area (Å²) in [7, 11) is 0. The summed E-state index contributed by atoms with van der Waals surface area (Å²) in [5.41, 5.74) is 2.02. The van der Waals surface area contributed by atoms with E-state index in [-0.39, 0.29) is 12.9 Å². The van der Waals surface area contributed by atoms with Crippen molar-refractivity contribution in [2.45, 2.75) is 26.0 Å². The predicted octanol–water partition coefficient (Wildman–Crippen LogP) is 4.12. The average Bonchev–Trinajstić information content (AvgIpc) is 2.97. The summed E-state index contributed by atoms with van der Waals surface area (Å²) < 4.78 is 18.1. The van der Waals surface area contributed by atoms with Crippen molar-refractivity contribution in [3.8, 4) is 28.4 Å². The Hall–Kier alpha value is -1.72. The first-order valence-electron chi connectivity index (χ1n) is 8.12. The maximum absolute atomic E-state index is 6.22. The lowest BCUT2D eigenvalue weighted by Gasteiger charge is -2.41. The lowest BCUT2D eigenvalue weighted by atomic mass is 10.0. The summed E-state index contributed by atoms with van der Waals surface area (Å²) >= 11 is 3.65. The van der Waals surface area contributed by atoms with Crippen LogP contribution in [0.15, 0.2) is 34.8 Å². The second-order valence-electron chi connectivity index (χ2n) is 6.39. The molecular formula is C19H19BrNO3. The molecule has 4 rings (SSSR count). The van der Waals surface area contributed by atoms with Gasteiger partial charge in [0.15, 0.2) is 11.5 Å². The Bertz CT molecular complexity index is 756. The Labute approximate surface area is 150 Å². The van der Waals surface area contributed by atoms with Gasteiger partial charge in [0.05, 0.1) is 0 Å². The van der Waals surface area contributed by atoms with Gasteiger partial charge in [-0.3, -0.25) is 4.90 Å². The fourth-order valence-corrected chi connectivity index (χ4v) is 3.54. The van der Waals surface area contributed by atoms with Crippen LogP contribution in [0, 0.1) is 6.07 Å². The van der Waals surface area contributed by atoms with E-state index < -0.39 is 0 Å². The Morgan fingerprint density at radius 1 is 1.21 bits per heavy atom. The SMILES string of the molecule is CC(C)N1CC(Oc2[c]ccc(Br)c2-c2ccc3c(c2)OCO3)C1. The number of rotatable bonds is 4. The number of likely N-dealkylation sites (tertiary alicyclic amines) is 1. The number of hydrogen-bond acceptors (Lipinski definition) is 4. The molecule has 2 aromatic carbocycles. The standard InChI is InChI=1S/C19H19BrNO3/c1-12(2)21-9-14(10-21)24-17-5-3-4-15(20)19(17)13-6-7-16-18(8-13)23-11-22-16/h3-4,6-8,12,14H,9-11H2,1-2H3. The smallest absolute Gasteiger partial charge is 0.231 e. The van der Waals surface area contributed by atoms with E-state index in [4.69, 9.17) is 14.2 Å². The van der Waals surface area contributed by atoms with Gasteiger partial charge in [-0.25, -0.2) is 0 Å². The second kappa shape index (κ2) is 6.30. The zero-order valence-electron chi connectivity index (χ0n) is 13.7. The van der Waals surface area contributed by atoms with Crippen LogP contribution < -0.4 is 14.2 Å². The predicted molar refractivity (Wildman–Crippen MR) is 95.7 cm³/mol. The molecule has 4 nitrogen and oxygen atoms in total. The van der Waals surface area contributed by atoms with E-state index >= 15 is 0 Å². The number of ether oxygens (including phenoxy) is 3. The fraction of sp³-hybridized carbons (Fsp3) is 0.368. The molecule has 0 atom stereocenters. The highest BCUT2D eigenvalue weighted by Gasteiger charge is 2.31. The minimum atomic E-state index is 0.214. The molecule has 24 heavy (non-hydrogen) atoms. The molecule has 2 heterocycles. The van der Waals surface area contributed by atoms with Crippen molar-refractivity contribution < 1.29 is 14.2 Å². The van der Waals surface area contributed by atoms with E-state index in [9.17, 15) is 0 Å². The minimum Gasteiger partial charge on any atom is -0.486 e. The maximum Gasteiger partial charge on any atom is 0.231 e. The summed E-state index contributed by atoms with van der Waals surface area (Å²) in [6, 6.07) is 13.6. The van der Waals surface area contributed by atoms with Gasteiger partial charge in [0, 0.05) is 35.2 Å². The van der Waals surface area contributed by atoms with Gasteiger partial charge < -0.3 is 14.2 Å². The molecule has 2 aliphatic rings. The van der Waals surface area contributed by atoms with Gasteiger partial charge >= 0.3 is 0 Å². The highest BCUT2D eigenvalue weighted by Crippen LogP contribution is 2.42. The molecular weight excluding hydrogens is 370 g/mol. The third-order valence-corrected chi connectivity index (χ3v) is 5.12. The summed E-state index contributed by atoms with van der Waals surface area (Å²) in [4.78, 5) is 2.39. The maximum atomic E-state index is 6.22. The van der Waals surface area contributed by atoms with Crippen LogP contribution in [0.25, 0.3) is 11.1 Å². The second-order valence-corrected chi connectivity index (χ2v) is 7.24. The van der Waals surface area contributed by atoms with Crippen LogP contribution in [-0.4, -0.2) is 36.9 Å². The van der Waals surface area contributed by atoms with E-state index in [0.717, 1.165) is 45.9 Å². The number of nitrogens with zero attached hydrogens (tertiary/aromatic N) is 1. The van der Waals surface area contributed by atoms with Crippen molar-refractivity contribution in [2.75, 3.05) is 19.9 Å². The molecule has 1 radical (unpaired) electrons. The van der Waals surface area contributed by atoms with Crippen molar-refractivity contribution in [3.63, 3.8) is 0 Å². The topological polar surface area (TPSA) is 30.9 Å². The Morgan fingerprint density at radius 2 is 2.00 bits per heavy atom. The van der Waals surface area contributed by atoms with E-state index in [1.165, 1.54) is 0 Å². The highest BCUT2D eigenvalue weighted by atomic mass is 79.9. The van der Waals surface area contributed by atoms with E-state index in [1.807, 2.05) is 30.3 Å². The zero-order valence-corrected chi connectivity index (χ0v) is 15.3. The highest BCUT2D eigenvalue weighted by molar-refractivity contribution is 9.10. The molecule has 1 fully saturated rings. The minimum absolute atomic E-state index is 0.214.